The molecule has 1 aromatic rings. The summed E-state index contributed by atoms with van der Waals surface area (Å²) in [7, 11) is 1.31. The quantitative estimate of drug-likeness (QED) is 0.299. The lowest BCUT2D eigenvalue weighted by Gasteiger charge is -2.33. The highest BCUT2D eigenvalue weighted by atomic mass is 16.6. The highest BCUT2D eigenvalue weighted by Gasteiger charge is 2.28. The van der Waals surface area contributed by atoms with Gasteiger partial charge in [0.15, 0.2) is 5.78 Å². The number of benzene rings is 1. The molecule has 1 saturated heterocycles. The number of amides is 1. The SMILES string of the molecule is COC(=O)COC1CCN(C(=O)[C@H](C)CC(=O)c2ccc(C(=N)N)cc2)CC1. The Morgan fingerprint density at radius 2 is 1.75 bits per heavy atom. The summed E-state index contributed by atoms with van der Waals surface area (Å²) < 4.78 is 10.0. The molecule has 1 atom stereocenters. The molecule has 0 radical (unpaired) electrons. The number of hydrogen-bond donors (Lipinski definition) is 2. The molecule has 1 aromatic carbocycles. The van der Waals surface area contributed by atoms with Crippen molar-refractivity contribution < 1.29 is 23.9 Å². The smallest absolute Gasteiger partial charge is 0.331 e. The average molecular weight is 389 g/mol. The summed E-state index contributed by atoms with van der Waals surface area (Å²) in [6.45, 7) is 2.75. The molecule has 1 fully saturated rings. The number of methoxy groups -OCH3 is 1. The minimum Gasteiger partial charge on any atom is -0.467 e. The summed E-state index contributed by atoms with van der Waals surface area (Å²) in [6, 6.07) is 6.50. The van der Waals surface area contributed by atoms with Gasteiger partial charge in [0.2, 0.25) is 5.91 Å². The molecule has 152 valence electrons. The van der Waals surface area contributed by atoms with Crippen LogP contribution in [-0.4, -0.2) is 61.3 Å². The highest BCUT2D eigenvalue weighted by molar-refractivity contribution is 6.00. The first kappa shape index (κ1) is 21.6. The van der Waals surface area contributed by atoms with Crippen LogP contribution in [0.4, 0.5) is 0 Å². The zero-order valence-electron chi connectivity index (χ0n) is 16.3. The third-order valence-corrected chi connectivity index (χ3v) is 4.85. The average Bonchev–Trinajstić information content (AvgIpc) is 2.71. The summed E-state index contributed by atoms with van der Waals surface area (Å²) in [4.78, 5) is 37.9. The summed E-state index contributed by atoms with van der Waals surface area (Å²) >= 11 is 0. The maximum atomic E-state index is 12.6. The van der Waals surface area contributed by atoms with Gasteiger partial charge in [-0.25, -0.2) is 4.79 Å². The van der Waals surface area contributed by atoms with E-state index in [1.807, 2.05) is 0 Å². The number of piperidine rings is 1. The van der Waals surface area contributed by atoms with E-state index in [1.165, 1.54) is 7.11 Å². The molecule has 28 heavy (non-hydrogen) atoms. The van der Waals surface area contributed by atoms with Crippen molar-refractivity contribution in [2.75, 3.05) is 26.8 Å². The lowest BCUT2D eigenvalue weighted by Crippen LogP contribution is -2.43. The van der Waals surface area contributed by atoms with Crippen LogP contribution < -0.4 is 5.73 Å². The summed E-state index contributed by atoms with van der Waals surface area (Å²) in [5.41, 5.74) is 6.46. The Labute approximate surface area is 164 Å². The molecule has 0 saturated carbocycles. The van der Waals surface area contributed by atoms with Crippen LogP contribution in [0.2, 0.25) is 0 Å². The molecular formula is C20H27N3O5. The van der Waals surface area contributed by atoms with Gasteiger partial charge in [0.05, 0.1) is 13.2 Å². The Balaban J connectivity index is 1.81. The minimum absolute atomic E-state index is 0.0542. The minimum atomic E-state index is -0.424. The van der Waals surface area contributed by atoms with Crippen LogP contribution in [0.1, 0.15) is 42.1 Å². The summed E-state index contributed by atoms with van der Waals surface area (Å²) in [5.74, 6) is -1.07. The highest BCUT2D eigenvalue weighted by Crippen LogP contribution is 2.19. The first-order valence-electron chi connectivity index (χ1n) is 9.26. The van der Waals surface area contributed by atoms with Crippen molar-refractivity contribution in [3.05, 3.63) is 35.4 Å². The number of Topliss-reactive ketones (excluding diaryl/α,β-unsaturated/α-hetero) is 1. The number of hydrogen-bond acceptors (Lipinski definition) is 6. The topological polar surface area (TPSA) is 123 Å². The van der Waals surface area contributed by atoms with E-state index >= 15 is 0 Å². The molecular weight excluding hydrogens is 362 g/mol. The summed E-state index contributed by atoms with van der Waals surface area (Å²) in [6.07, 6.45) is 1.35. The van der Waals surface area contributed by atoms with Crippen molar-refractivity contribution in [3.8, 4) is 0 Å². The second-order valence-corrected chi connectivity index (χ2v) is 6.93. The van der Waals surface area contributed by atoms with Gasteiger partial charge in [-0.05, 0) is 12.8 Å². The molecule has 3 N–H and O–H groups in total. The standard InChI is InChI=1S/C20H27N3O5/c1-13(11-17(24)14-3-5-15(6-4-14)19(21)22)20(26)23-9-7-16(8-10-23)28-12-18(25)27-2/h3-6,13,16H,7-12H2,1-2H3,(H3,21,22)/t13-/m1/s1. The van der Waals surface area contributed by atoms with E-state index in [-0.39, 0.29) is 36.7 Å². The fraction of sp³-hybridized carbons (Fsp3) is 0.500. The Hall–Kier alpha value is -2.74. The van der Waals surface area contributed by atoms with Crippen molar-refractivity contribution >= 4 is 23.5 Å². The molecule has 1 amide bonds. The molecule has 0 aliphatic carbocycles. The molecule has 0 unspecified atom stereocenters. The molecule has 1 aliphatic heterocycles. The van der Waals surface area contributed by atoms with E-state index in [4.69, 9.17) is 15.9 Å². The number of ketones is 1. The number of nitrogens with two attached hydrogens (primary N) is 1. The van der Waals surface area contributed by atoms with Gasteiger partial charge >= 0.3 is 5.97 Å². The largest absolute Gasteiger partial charge is 0.467 e. The number of amidine groups is 1. The molecule has 1 aliphatic rings. The maximum Gasteiger partial charge on any atom is 0.331 e. The Morgan fingerprint density at radius 1 is 1.18 bits per heavy atom. The van der Waals surface area contributed by atoms with Crippen LogP contribution in [0.3, 0.4) is 0 Å². The van der Waals surface area contributed by atoms with E-state index < -0.39 is 11.9 Å². The lowest BCUT2D eigenvalue weighted by molar-refractivity contribution is -0.150. The van der Waals surface area contributed by atoms with Crippen LogP contribution in [0.25, 0.3) is 0 Å². The lowest BCUT2D eigenvalue weighted by atomic mass is 9.96. The number of nitrogen functional groups attached to an aromatic ring is 1. The Bertz CT molecular complexity index is 724. The second kappa shape index (κ2) is 9.98. The van der Waals surface area contributed by atoms with Crippen molar-refractivity contribution in [3.63, 3.8) is 0 Å². The maximum absolute atomic E-state index is 12.6. The second-order valence-electron chi connectivity index (χ2n) is 6.93. The fourth-order valence-electron chi connectivity index (χ4n) is 3.12. The van der Waals surface area contributed by atoms with Gasteiger partial charge in [0, 0.05) is 36.6 Å². The molecule has 8 heteroatoms. The van der Waals surface area contributed by atoms with Gasteiger partial charge in [0.1, 0.15) is 12.4 Å². The third-order valence-electron chi connectivity index (χ3n) is 4.85. The molecule has 8 nitrogen and oxygen atoms in total. The number of ether oxygens (including phenoxy) is 2. The van der Waals surface area contributed by atoms with Gasteiger partial charge in [-0.15, -0.1) is 0 Å². The van der Waals surface area contributed by atoms with E-state index in [1.54, 1.807) is 36.1 Å². The first-order chi connectivity index (χ1) is 13.3. The van der Waals surface area contributed by atoms with Crippen molar-refractivity contribution in [2.45, 2.75) is 32.3 Å². The molecule has 2 rings (SSSR count). The normalized spacial score (nSPS) is 15.7. The number of carbonyl (C=O) groups excluding carboxylic acids is 3. The number of nitrogens with one attached hydrogen (secondary N) is 1. The number of carbonyl (C=O) groups is 3. The first-order valence-corrected chi connectivity index (χ1v) is 9.26. The van der Waals surface area contributed by atoms with Crippen LogP contribution in [-0.2, 0) is 19.1 Å². The van der Waals surface area contributed by atoms with Crippen LogP contribution in [0.15, 0.2) is 24.3 Å². The number of esters is 1. The number of likely N-dealkylation sites (tertiary alicyclic amines) is 1. The van der Waals surface area contributed by atoms with E-state index in [2.05, 4.69) is 4.74 Å². The zero-order chi connectivity index (χ0) is 20.7. The molecule has 0 aromatic heterocycles. The molecule has 0 bridgehead atoms. The molecule has 1 heterocycles. The zero-order valence-corrected chi connectivity index (χ0v) is 16.3. The molecule has 0 spiro atoms. The third kappa shape index (κ3) is 5.88. The van der Waals surface area contributed by atoms with E-state index in [9.17, 15) is 14.4 Å². The van der Waals surface area contributed by atoms with E-state index in [0.29, 0.717) is 37.1 Å². The van der Waals surface area contributed by atoms with Gasteiger partial charge in [-0.1, -0.05) is 31.2 Å². The van der Waals surface area contributed by atoms with Crippen LogP contribution in [0, 0.1) is 11.3 Å². The van der Waals surface area contributed by atoms with Crippen LogP contribution in [0.5, 0.6) is 0 Å². The predicted molar refractivity (Wildman–Crippen MR) is 103 cm³/mol. The van der Waals surface area contributed by atoms with Gasteiger partial charge in [-0.3, -0.25) is 15.0 Å². The fourth-order valence-corrected chi connectivity index (χ4v) is 3.12. The summed E-state index contributed by atoms with van der Waals surface area (Å²) in [5, 5.41) is 7.38. The van der Waals surface area contributed by atoms with Crippen molar-refractivity contribution in [1.82, 2.24) is 4.90 Å². The number of nitrogens with zero attached hydrogens (tertiary/aromatic N) is 1. The van der Waals surface area contributed by atoms with Crippen molar-refractivity contribution in [2.24, 2.45) is 11.7 Å². The van der Waals surface area contributed by atoms with Crippen LogP contribution >= 0.6 is 0 Å². The van der Waals surface area contributed by atoms with Gasteiger partial charge < -0.3 is 20.1 Å². The Kier molecular flexibility index (Phi) is 7.69. The predicted octanol–water partition coefficient (Wildman–Crippen LogP) is 1.36. The number of rotatable bonds is 8. The van der Waals surface area contributed by atoms with E-state index in [0.717, 1.165) is 0 Å². The monoisotopic (exact) mass is 389 g/mol. The van der Waals surface area contributed by atoms with Gasteiger partial charge in [-0.2, -0.15) is 0 Å². The van der Waals surface area contributed by atoms with Crippen molar-refractivity contribution in [1.29, 1.82) is 5.41 Å². The van der Waals surface area contributed by atoms with Gasteiger partial charge in [0.25, 0.3) is 0 Å². The Morgan fingerprint density at radius 3 is 2.29 bits per heavy atom.